The second-order valence-corrected chi connectivity index (χ2v) is 3.54. The van der Waals surface area contributed by atoms with Gasteiger partial charge in [-0.25, -0.2) is 4.57 Å². The van der Waals surface area contributed by atoms with E-state index in [9.17, 15) is 0 Å². The van der Waals surface area contributed by atoms with Gasteiger partial charge in [-0.3, -0.25) is 0 Å². The number of nitrogens with zero attached hydrogens (tertiary/aromatic N) is 1. The highest BCUT2D eigenvalue weighted by Gasteiger charge is 2.00. The Morgan fingerprint density at radius 3 is 2.50 bits per heavy atom. The first-order valence-corrected chi connectivity index (χ1v) is 4.84. The molecule has 0 amide bonds. The molecule has 1 heteroatoms. The van der Waals surface area contributed by atoms with E-state index in [1.54, 1.807) is 0 Å². The van der Waals surface area contributed by atoms with Crippen molar-refractivity contribution in [1.29, 1.82) is 0 Å². The molecule has 0 aliphatic heterocycles. The van der Waals surface area contributed by atoms with Crippen LogP contribution in [0, 0.1) is 6.92 Å². The SMILES string of the molecule is Cc1cccc(C[n+]2ccccc2)c1. The van der Waals surface area contributed by atoms with Gasteiger partial charge in [-0.2, -0.15) is 0 Å². The summed E-state index contributed by atoms with van der Waals surface area (Å²) in [6.45, 7) is 3.07. The van der Waals surface area contributed by atoms with Crippen molar-refractivity contribution in [3.63, 3.8) is 0 Å². The number of pyridine rings is 1. The van der Waals surface area contributed by atoms with Gasteiger partial charge in [0.05, 0.1) is 0 Å². The summed E-state index contributed by atoms with van der Waals surface area (Å²) in [7, 11) is 0. The first kappa shape index (κ1) is 8.95. The van der Waals surface area contributed by atoms with Crippen LogP contribution in [0.15, 0.2) is 54.9 Å². The molecule has 1 aromatic carbocycles. The number of aromatic nitrogens is 1. The lowest BCUT2D eigenvalue weighted by molar-refractivity contribution is -0.688. The lowest BCUT2D eigenvalue weighted by Gasteiger charge is -1.98. The van der Waals surface area contributed by atoms with Gasteiger partial charge < -0.3 is 0 Å². The Morgan fingerprint density at radius 2 is 1.79 bits per heavy atom. The molecule has 0 aliphatic carbocycles. The third kappa shape index (κ3) is 2.19. The fourth-order valence-corrected chi connectivity index (χ4v) is 1.56. The molecule has 0 spiro atoms. The summed E-state index contributed by atoms with van der Waals surface area (Å²) in [5, 5.41) is 0. The summed E-state index contributed by atoms with van der Waals surface area (Å²) in [6, 6.07) is 14.7. The molecule has 0 saturated carbocycles. The van der Waals surface area contributed by atoms with Crippen molar-refractivity contribution in [2.75, 3.05) is 0 Å². The summed E-state index contributed by atoms with van der Waals surface area (Å²) in [5.41, 5.74) is 2.67. The molecule has 0 aliphatic rings. The Hall–Kier alpha value is -1.63. The second kappa shape index (κ2) is 4.05. The normalized spacial score (nSPS) is 10.1. The van der Waals surface area contributed by atoms with E-state index in [4.69, 9.17) is 0 Å². The second-order valence-electron chi connectivity index (χ2n) is 3.54. The molecule has 1 heterocycles. The molecule has 70 valence electrons. The van der Waals surface area contributed by atoms with Crippen LogP contribution in [-0.4, -0.2) is 0 Å². The maximum atomic E-state index is 2.22. The minimum atomic E-state index is 0.947. The van der Waals surface area contributed by atoms with Crippen LogP contribution in [0.25, 0.3) is 0 Å². The van der Waals surface area contributed by atoms with Gasteiger partial charge in [-0.1, -0.05) is 29.8 Å². The predicted octanol–water partition coefficient (Wildman–Crippen LogP) is 2.33. The van der Waals surface area contributed by atoms with Crippen molar-refractivity contribution in [3.8, 4) is 0 Å². The van der Waals surface area contributed by atoms with Crippen LogP contribution in [-0.2, 0) is 6.54 Å². The van der Waals surface area contributed by atoms with E-state index < -0.39 is 0 Å². The minimum Gasteiger partial charge on any atom is -0.201 e. The van der Waals surface area contributed by atoms with Gasteiger partial charge in [0.15, 0.2) is 18.9 Å². The lowest BCUT2D eigenvalue weighted by atomic mass is 10.1. The summed E-state index contributed by atoms with van der Waals surface area (Å²) in [6.07, 6.45) is 4.17. The van der Waals surface area contributed by atoms with Crippen molar-refractivity contribution in [1.82, 2.24) is 0 Å². The summed E-state index contributed by atoms with van der Waals surface area (Å²) in [4.78, 5) is 0. The Labute approximate surface area is 84.6 Å². The fourth-order valence-electron chi connectivity index (χ4n) is 1.56. The number of benzene rings is 1. The van der Waals surface area contributed by atoms with Crippen molar-refractivity contribution >= 4 is 0 Å². The molecule has 1 aromatic heterocycles. The molecule has 1 nitrogen and oxygen atoms in total. The maximum absolute atomic E-state index is 2.22. The van der Waals surface area contributed by atoms with Gasteiger partial charge in [-0.15, -0.1) is 0 Å². The molecule has 14 heavy (non-hydrogen) atoms. The first-order chi connectivity index (χ1) is 6.84. The van der Waals surface area contributed by atoms with Gasteiger partial charge in [0.1, 0.15) is 0 Å². The van der Waals surface area contributed by atoms with Crippen LogP contribution in [0.3, 0.4) is 0 Å². The first-order valence-electron chi connectivity index (χ1n) is 4.84. The van der Waals surface area contributed by atoms with Gasteiger partial charge in [-0.05, 0) is 13.0 Å². The molecule has 0 atom stereocenters. The molecule has 2 aromatic rings. The molecule has 0 fully saturated rings. The zero-order valence-corrected chi connectivity index (χ0v) is 8.35. The van der Waals surface area contributed by atoms with Gasteiger partial charge >= 0.3 is 0 Å². The van der Waals surface area contributed by atoms with E-state index in [1.807, 2.05) is 6.07 Å². The van der Waals surface area contributed by atoms with Gasteiger partial charge in [0.25, 0.3) is 0 Å². The predicted molar refractivity (Wildman–Crippen MR) is 56.9 cm³/mol. The molecule has 0 saturated heterocycles. The van der Waals surface area contributed by atoms with Crippen LogP contribution < -0.4 is 4.57 Å². The Morgan fingerprint density at radius 1 is 1.00 bits per heavy atom. The van der Waals surface area contributed by atoms with E-state index in [1.165, 1.54) is 11.1 Å². The summed E-state index contributed by atoms with van der Waals surface area (Å²) in [5.74, 6) is 0. The zero-order valence-electron chi connectivity index (χ0n) is 8.35. The van der Waals surface area contributed by atoms with E-state index in [0.29, 0.717) is 0 Å². The largest absolute Gasteiger partial charge is 0.201 e. The minimum absolute atomic E-state index is 0.947. The monoisotopic (exact) mass is 184 g/mol. The number of hydrogen-bond donors (Lipinski definition) is 0. The third-order valence-corrected chi connectivity index (χ3v) is 2.22. The molecule has 0 radical (unpaired) electrons. The Balaban J connectivity index is 2.19. The van der Waals surface area contributed by atoms with Gasteiger partial charge in [0, 0.05) is 17.7 Å². The molecule has 0 unspecified atom stereocenters. The van der Waals surface area contributed by atoms with Crippen LogP contribution in [0.2, 0.25) is 0 Å². The van der Waals surface area contributed by atoms with Crippen molar-refractivity contribution in [3.05, 3.63) is 66.0 Å². The molecule has 0 bridgehead atoms. The summed E-state index contributed by atoms with van der Waals surface area (Å²) < 4.78 is 2.18. The zero-order chi connectivity index (χ0) is 9.80. The van der Waals surface area contributed by atoms with Crippen molar-refractivity contribution in [2.24, 2.45) is 0 Å². The molecular weight excluding hydrogens is 170 g/mol. The van der Waals surface area contributed by atoms with E-state index >= 15 is 0 Å². The number of aryl methyl sites for hydroxylation is 1. The molecule has 2 rings (SSSR count). The Kier molecular flexibility index (Phi) is 2.59. The van der Waals surface area contributed by atoms with E-state index in [-0.39, 0.29) is 0 Å². The fraction of sp³-hybridized carbons (Fsp3) is 0.154. The average molecular weight is 184 g/mol. The van der Waals surface area contributed by atoms with Crippen LogP contribution in [0.4, 0.5) is 0 Å². The van der Waals surface area contributed by atoms with Crippen LogP contribution in [0.1, 0.15) is 11.1 Å². The van der Waals surface area contributed by atoms with Crippen LogP contribution >= 0.6 is 0 Å². The lowest BCUT2D eigenvalue weighted by Crippen LogP contribution is -2.32. The van der Waals surface area contributed by atoms with Crippen LogP contribution in [0.5, 0.6) is 0 Å². The molecule has 0 N–H and O–H groups in total. The average Bonchev–Trinajstić information content (AvgIpc) is 2.19. The maximum Gasteiger partial charge on any atom is 0.173 e. The van der Waals surface area contributed by atoms with Gasteiger partial charge in [0.2, 0.25) is 0 Å². The Bertz CT molecular complexity index is 407. The van der Waals surface area contributed by atoms with E-state index in [0.717, 1.165) is 6.54 Å². The van der Waals surface area contributed by atoms with Crippen molar-refractivity contribution < 1.29 is 4.57 Å². The standard InChI is InChI=1S/C13H14N/c1-12-6-5-7-13(10-12)11-14-8-3-2-4-9-14/h2-10H,11H2,1H3/q+1. The third-order valence-electron chi connectivity index (χ3n) is 2.22. The number of hydrogen-bond acceptors (Lipinski definition) is 0. The van der Waals surface area contributed by atoms with Crippen molar-refractivity contribution in [2.45, 2.75) is 13.5 Å². The quantitative estimate of drug-likeness (QED) is 0.631. The smallest absolute Gasteiger partial charge is 0.173 e. The van der Waals surface area contributed by atoms with E-state index in [2.05, 4.69) is 60.3 Å². The summed E-state index contributed by atoms with van der Waals surface area (Å²) >= 11 is 0. The topological polar surface area (TPSA) is 3.88 Å². The highest BCUT2D eigenvalue weighted by Crippen LogP contribution is 2.02. The highest BCUT2D eigenvalue weighted by atomic mass is 14.9. The number of rotatable bonds is 2. The highest BCUT2D eigenvalue weighted by molar-refractivity contribution is 5.21. The molecular formula is C13H14N+.